The summed E-state index contributed by atoms with van der Waals surface area (Å²) in [5, 5.41) is 12.3. The van der Waals surface area contributed by atoms with Gasteiger partial charge in [0.15, 0.2) is 0 Å². The molecule has 0 atom stereocenters. The van der Waals surface area contributed by atoms with Crippen molar-refractivity contribution in [2.24, 2.45) is 0 Å². The third-order valence-electron chi connectivity index (χ3n) is 4.36. The number of hydrogen-bond donors (Lipinski definition) is 2. The van der Waals surface area contributed by atoms with Gasteiger partial charge in [-0.1, -0.05) is 75.8 Å². The smallest absolute Gasteiger partial charge is 0.307 e. The lowest BCUT2D eigenvalue weighted by molar-refractivity contribution is -0.136. The van der Waals surface area contributed by atoms with Crippen molar-refractivity contribution < 1.29 is 9.90 Å². The molecule has 0 aliphatic heterocycles. The molecule has 1 aromatic rings. The second-order valence-corrected chi connectivity index (χ2v) is 6.68. The highest BCUT2D eigenvalue weighted by Gasteiger charge is 2.05. The van der Waals surface area contributed by atoms with Crippen molar-refractivity contribution in [3.63, 3.8) is 0 Å². The summed E-state index contributed by atoms with van der Waals surface area (Å²) in [6, 6.07) is 7.65. The van der Waals surface area contributed by atoms with Crippen LogP contribution in [-0.4, -0.2) is 17.6 Å². The van der Waals surface area contributed by atoms with Crippen LogP contribution in [0.2, 0.25) is 0 Å². The van der Waals surface area contributed by atoms with Gasteiger partial charge in [0.2, 0.25) is 0 Å². The number of hydrogen-bond acceptors (Lipinski definition) is 2. The number of para-hydroxylation sites is 1. The van der Waals surface area contributed by atoms with E-state index in [1.54, 1.807) is 0 Å². The average molecular weight is 346 g/mol. The van der Waals surface area contributed by atoms with E-state index in [9.17, 15) is 4.79 Å². The van der Waals surface area contributed by atoms with Crippen molar-refractivity contribution in [3.8, 4) is 0 Å². The fourth-order valence-electron chi connectivity index (χ4n) is 2.91. The van der Waals surface area contributed by atoms with Crippen LogP contribution < -0.4 is 5.32 Å². The van der Waals surface area contributed by atoms with Gasteiger partial charge in [0.05, 0.1) is 6.42 Å². The number of rotatable bonds is 15. The molecule has 0 fully saturated rings. The molecule has 2 N–H and O–H groups in total. The van der Waals surface area contributed by atoms with Crippen LogP contribution in [0.15, 0.2) is 36.4 Å². The summed E-state index contributed by atoms with van der Waals surface area (Å²) in [5.41, 5.74) is 1.79. The Morgan fingerprint density at radius 2 is 1.60 bits per heavy atom. The molecule has 25 heavy (non-hydrogen) atoms. The maximum Gasteiger partial charge on any atom is 0.307 e. The van der Waals surface area contributed by atoms with Crippen LogP contribution in [0.25, 0.3) is 0 Å². The molecule has 3 nitrogen and oxygen atoms in total. The highest BCUT2D eigenvalue weighted by Crippen LogP contribution is 2.16. The Labute approximate surface area is 153 Å². The van der Waals surface area contributed by atoms with Gasteiger partial charge in [-0.05, 0) is 37.3 Å². The van der Waals surface area contributed by atoms with E-state index < -0.39 is 5.97 Å². The van der Waals surface area contributed by atoms with Crippen LogP contribution in [0.4, 0.5) is 5.69 Å². The lowest BCUT2D eigenvalue weighted by atomic mass is 10.1. The highest BCUT2D eigenvalue weighted by atomic mass is 16.4. The molecular weight excluding hydrogens is 310 g/mol. The van der Waals surface area contributed by atoms with Gasteiger partial charge in [-0.3, -0.25) is 4.79 Å². The van der Waals surface area contributed by atoms with Gasteiger partial charge in [-0.15, -0.1) is 0 Å². The fourth-order valence-corrected chi connectivity index (χ4v) is 2.91. The number of benzene rings is 1. The number of anilines is 1. The number of carboxylic acids is 1. The van der Waals surface area contributed by atoms with E-state index in [1.165, 1.54) is 51.4 Å². The van der Waals surface area contributed by atoms with Gasteiger partial charge in [-0.25, -0.2) is 0 Å². The predicted octanol–water partition coefficient (Wildman–Crippen LogP) is 6.20. The van der Waals surface area contributed by atoms with E-state index in [2.05, 4.69) is 24.4 Å². The lowest BCUT2D eigenvalue weighted by Crippen LogP contribution is -2.07. The van der Waals surface area contributed by atoms with Crippen LogP contribution in [-0.2, 0) is 11.2 Å². The van der Waals surface area contributed by atoms with Gasteiger partial charge in [0.1, 0.15) is 0 Å². The van der Waals surface area contributed by atoms with Crippen LogP contribution in [0.1, 0.15) is 76.7 Å². The van der Waals surface area contributed by atoms with Crippen molar-refractivity contribution in [1.29, 1.82) is 0 Å². The van der Waals surface area contributed by atoms with Crippen molar-refractivity contribution in [1.82, 2.24) is 0 Å². The van der Waals surface area contributed by atoms with Crippen molar-refractivity contribution in [2.45, 2.75) is 77.6 Å². The minimum Gasteiger partial charge on any atom is -0.481 e. The second-order valence-electron chi connectivity index (χ2n) is 6.68. The number of carboxylic acid groups (broad SMARTS) is 1. The zero-order chi connectivity index (χ0) is 18.2. The zero-order valence-corrected chi connectivity index (χ0v) is 15.8. The van der Waals surface area contributed by atoms with Crippen LogP contribution in [0.5, 0.6) is 0 Å². The Balaban J connectivity index is 2.04. The molecular formula is C22H35NO2. The number of allylic oxidation sites excluding steroid dienone is 2. The van der Waals surface area contributed by atoms with Gasteiger partial charge in [0.25, 0.3) is 0 Å². The molecule has 1 aromatic carbocycles. The minimum atomic E-state index is -0.789. The minimum absolute atomic E-state index is 0.0710. The maximum absolute atomic E-state index is 10.9. The standard InChI is InChI=1S/C22H35NO2/c1-2-3-4-5-6-7-8-9-10-11-12-15-18-23-21-17-14-13-16-20(21)19-22(24)25/h10-11,13-14,16-17,23H,2-9,12,15,18-19H2,1H3,(H,24,25)/b11-10+. The van der Waals surface area contributed by atoms with E-state index >= 15 is 0 Å². The van der Waals surface area contributed by atoms with E-state index in [0.29, 0.717) is 0 Å². The van der Waals surface area contributed by atoms with Crippen LogP contribution in [0, 0.1) is 0 Å². The van der Waals surface area contributed by atoms with E-state index in [4.69, 9.17) is 5.11 Å². The lowest BCUT2D eigenvalue weighted by Gasteiger charge is -2.10. The summed E-state index contributed by atoms with van der Waals surface area (Å²) < 4.78 is 0. The Kier molecular flexibility index (Phi) is 12.4. The summed E-state index contributed by atoms with van der Waals surface area (Å²) in [6.45, 7) is 3.13. The van der Waals surface area contributed by atoms with Crippen LogP contribution >= 0.6 is 0 Å². The van der Waals surface area contributed by atoms with Crippen molar-refractivity contribution in [3.05, 3.63) is 42.0 Å². The molecule has 0 bridgehead atoms. The van der Waals surface area contributed by atoms with E-state index in [0.717, 1.165) is 30.6 Å². The molecule has 0 aliphatic carbocycles. The zero-order valence-electron chi connectivity index (χ0n) is 15.8. The number of carbonyl (C=O) groups is 1. The molecule has 3 heteroatoms. The molecule has 1 rings (SSSR count). The summed E-state index contributed by atoms with van der Waals surface area (Å²) in [6.07, 6.45) is 17.5. The van der Waals surface area contributed by atoms with Gasteiger partial charge in [0, 0.05) is 12.2 Å². The first-order valence-electron chi connectivity index (χ1n) is 9.92. The Morgan fingerprint density at radius 3 is 2.32 bits per heavy atom. The third-order valence-corrected chi connectivity index (χ3v) is 4.36. The number of nitrogens with one attached hydrogen (secondary N) is 1. The monoisotopic (exact) mass is 345 g/mol. The molecule has 0 unspecified atom stereocenters. The Hall–Kier alpha value is -1.77. The molecule has 0 aromatic heterocycles. The third kappa shape index (κ3) is 11.4. The quantitative estimate of drug-likeness (QED) is 0.294. The topological polar surface area (TPSA) is 49.3 Å². The fraction of sp³-hybridized carbons (Fsp3) is 0.591. The van der Waals surface area contributed by atoms with Gasteiger partial charge < -0.3 is 10.4 Å². The molecule has 0 saturated carbocycles. The molecule has 0 heterocycles. The molecule has 0 saturated heterocycles. The molecule has 0 spiro atoms. The van der Waals surface area contributed by atoms with Crippen molar-refractivity contribution in [2.75, 3.05) is 11.9 Å². The number of aliphatic carboxylic acids is 1. The summed E-state index contributed by atoms with van der Waals surface area (Å²) in [5.74, 6) is -0.789. The molecule has 140 valence electrons. The second kappa shape index (κ2) is 14.6. The van der Waals surface area contributed by atoms with Gasteiger partial charge in [-0.2, -0.15) is 0 Å². The normalized spacial score (nSPS) is 11.1. The SMILES string of the molecule is CCCCCCCCC/C=C/CCCNc1ccccc1CC(=O)O. The van der Waals surface area contributed by atoms with Gasteiger partial charge >= 0.3 is 5.97 Å². The van der Waals surface area contributed by atoms with Crippen molar-refractivity contribution >= 4 is 11.7 Å². The first-order valence-corrected chi connectivity index (χ1v) is 9.92. The Morgan fingerprint density at radius 1 is 0.960 bits per heavy atom. The summed E-state index contributed by atoms with van der Waals surface area (Å²) in [4.78, 5) is 10.9. The van der Waals surface area contributed by atoms with E-state index in [1.807, 2.05) is 24.3 Å². The van der Waals surface area contributed by atoms with Crippen LogP contribution in [0.3, 0.4) is 0 Å². The molecule has 0 radical (unpaired) electrons. The highest BCUT2D eigenvalue weighted by molar-refractivity contribution is 5.73. The summed E-state index contributed by atoms with van der Waals surface area (Å²) in [7, 11) is 0. The largest absolute Gasteiger partial charge is 0.481 e. The Bertz CT molecular complexity index is 497. The molecule has 0 amide bonds. The predicted molar refractivity (Wildman–Crippen MR) is 107 cm³/mol. The number of unbranched alkanes of at least 4 members (excludes halogenated alkanes) is 8. The maximum atomic E-state index is 10.9. The first kappa shape index (κ1) is 21.3. The molecule has 0 aliphatic rings. The summed E-state index contributed by atoms with van der Waals surface area (Å²) >= 11 is 0. The van der Waals surface area contributed by atoms with E-state index in [-0.39, 0.29) is 6.42 Å². The first-order chi connectivity index (χ1) is 12.2. The average Bonchev–Trinajstić information content (AvgIpc) is 2.60.